The summed E-state index contributed by atoms with van der Waals surface area (Å²) in [5.74, 6) is 0. The highest BCUT2D eigenvalue weighted by Gasteiger charge is 2.38. The zero-order valence-corrected chi connectivity index (χ0v) is 9.51. The molecule has 14 heavy (non-hydrogen) atoms. The lowest BCUT2D eigenvalue weighted by Crippen LogP contribution is -2.51. The Hall–Kier alpha value is -0.340. The third-order valence-electron chi connectivity index (χ3n) is 3.25. The Morgan fingerprint density at radius 2 is 2.07 bits per heavy atom. The van der Waals surface area contributed by atoms with E-state index < -0.39 is 0 Å². The van der Waals surface area contributed by atoms with Gasteiger partial charge in [-0.05, 0) is 26.8 Å². The molecule has 1 N–H and O–H groups in total. The molecule has 0 heterocycles. The second kappa shape index (κ2) is 5.52. The van der Waals surface area contributed by atoms with Crippen LogP contribution in [0.25, 0.3) is 0 Å². The molecule has 0 saturated heterocycles. The van der Waals surface area contributed by atoms with Gasteiger partial charge in [0.05, 0.1) is 11.6 Å². The molecule has 0 amide bonds. The standard InChI is InChI=1S/C12H23NO/c1-4-11(13-3)12(14-5-2)9-7-6-8-10-12/h4,11,13H,1,5-10H2,2-3H3. The van der Waals surface area contributed by atoms with Crippen molar-refractivity contribution in [3.63, 3.8) is 0 Å². The number of ether oxygens (including phenoxy) is 1. The van der Waals surface area contributed by atoms with Crippen LogP contribution in [0, 0.1) is 0 Å². The summed E-state index contributed by atoms with van der Waals surface area (Å²) in [6, 6.07) is 0.294. The van der Waals surface area contributed by atoms with Gasteiger partial charge in [-0.2, -0.15) is 0 Å². The Morgan fingerprint density at radius 3 is 2.50 bits per heavy atom. The second-order valence-electron chi connectivity index (χ2n) is 4.06. The van der Waals surface area contributed by atoms with E-state index in [4.69, 9.17) is 4.74 Å². The van der Waals surface area contributed by atoms with E-state index >= 15 is 0 Å². The van der Waals surface area contributed by atoms with Crippen LogP contribution in [-0.2, 0) is 4.74 Å². The minimum absolute atomic E-state index is 0.0174. The molecule has 0 aromatic heterocycles. The average Bonchev–Trinajstić information content (AvgIpc) is 2.21. The Bertz CT molecular complexity index is 168. The van der Waals surface area contributed by atoms with Gasteiger partial charge in [-0.1, -0.05) is 25.3 Å². The molecule has 1 atom stereocenters. The van der Waals surface area contributed by atoms with Crippen LogP contribution < -0.4 is 5.32 Å². The van der Waals surface area contributed by atoms with Crippen molar-refractivity contribution in [3.8, 4) is 0 Å². The van der Waals surface area contributed by atoms with Crippen molar-refractivity contribution < 1.29 is 4.74 Å². The van der Waals surface area contributed by atoms with Gasteiger partial charge >= 0.3 is 0 Å². The van der Waals surface area contributed by atoms with Crippen LogP contribution in [0.5, 0.6) is 0 Å². The van der Waals surface area contributed by atoms with Crippen LogP contribution in [-0.4, -0.2) is 25.3 Å². The fourth-order valence-electron chi connectivity index (χ4n) is 2.58. The summed E-state index contributed by atoms with van der Waals surface area (Å²) >= 11 is 0. The molecule has 0 radical (unpaired) electrons. The first-order chi connectivity index (χ1) is 6.79. The van der Waals surface area contributed by atoms with Gasteiger partial charge in [0, 0.05) is 6.61 Å². The van der Waals surface area contributed by atoms with Gasteiger partial charge < -0.3 is 10.1 Å². The van der Waals surface area contributed by atoms with Crippen molar-refractivity contribution in [1.29, 1.82) is 0 Å². The van der Waals surface area contributed by atoms with E-state index in [9.17, 15) is 0 Å². The molecule has 1 aliphatic carbocycles. The molecule has 0 aliphatic heterocycles. The average molecular weight is 197 g/mol. The van der Waals surface area contributed by atoms with Crippen molar-refractivity contribution in [3.05, 3.63) is 12.7 Å². The van der Waals surface area contributed by atoms with Gasteiger partial charge in [-0.3, -0.25) is 0 Å². The first kappa shape index (κ1) is 11.7. The van der Waals surface area contributed by atoms with Gasteiger partial charge in [0.15, 0.2) is 0 Å². The summed E-state index contributed by atoms with van der Waals surface area (Å²) in [4.78, 5) is 0. The lowest BCUT2D eigenvalue weighted by molar-refractivity contribution is -0.0782. The molecule has 82 valence electrons. The molecule has 2 nitrogen and oxygen atoms in total. The Balaban J connectivity index is 2.71. The van der Waals surface area contributed by atoms with Crippen LogP contribution in [0.4, 0.5) is 0 Å². The molecule has 0 spiro atoms. The van der Waals surface area contributed by atoms with Crippen LogP contribution in [0.3, 0.4) is 0 Å². The molecular formula is C12H23NO. The Labute approximate surface area is 87.7 Å². The summed E-state index contributed by atoms with van der Waals surface area (Å²) in [6.45, 7) is 6.77. The van der Waals surface area contributed by atoms with Crippen LogP contribution in [0.1, 0.15) is 39.0 Å². The van der Waals surface area contributed by atoms with E-state index in [1.165, 1.54) is 32.1 Å². The fraction of sp³-hybridized carbons (Fsp3) is 0.833. The maximum absolute atomic E-state index is 5.98. The molecule has 0 bridgehead atoms. The normalized spacial score (nSPS) is 23.0. The SMILES string of the molecule is C=CC(NC)C1(OCC)CCCCC1. The summed E-state index contributed by atoms with van der Waals surface area (Å²) < 4.78 is 5.98. The van der Waals surface area contributed by atoms with E-state index in [-0.39, 0.29) is 5.60 Å². The molecule has 0 aromatic rings. The highest BCUT2D eigenvalue weighted by molar-refractivity contribution is 5.03. The van der Waals surface area contributed by atoms with Crippen LogP contribution in [0.15, 0.2) is 12.7 Å². The fourth-order valence-corrected chi connectivity index (χ4v) is 2.58. The highest BCUT2D eigenvalue weighted by atomic mass is 16.5. The van der Waals surface area contributed by atoms with E-state index in [1.807, 2.05) is 13.1 Å². The highest BCUT2D eigenvalue weighted by Crippen LogP contribution is 2.34. The molecule has 1 saturated carbocycles. The van der Waals surface area contributed by atoms with Gasteiger partial charge in [0.1, 0.15) is 0 Å². The summed E-state index contributed by atoms with van der Waals surface area (Å²) in [5, 5.41) is 3.30. The minimum atomic E-state index is 0.0174. The number of rotatable bonds is 5. The molecular weight excluding hydrogens is 174 g/mol. The second-order valence-corrected chi connectivity index (χ2v) is 4.06. The van der Waals surface area contributed by atoms with E-state index in [0.29, 0.717) is 6.04 Å². The van der Waals surface area contributed by atoms with E-state index in [2.05, 4.69) is 18.8 Å². The zero-order valence-electron chi connectivity index (χ0n) is 9.51. The van der Waals surface area contributed by atoms with Crippen LogP contribution in [0.2, 0.25) is 0 Å². The number of nitrogens with one attached hydrogen (secondary N) is 1. The summed E-state index contributed by atoms with van der Waals surface area (Å²) in [7, 11) is 1.99. The molecule has 1 unspecified atom stereocenters. The first-order valence-corrected chi connectivity index (χ1v) is 5.73. The summed E-state index contributed by atoms with van der Waals surface area (Å²) in [6.07, 6.45) is 8.23. The topological polar surface area (TPSA) is 21.3 Å². The quantitative estimate of drug-likeness (QED) is 0.684. The van der Waals surface area contributed by atoms with Crippen molar-refractivity contribution >= 4 is 0 Å². The predicted octanol–water partition coefficient (Wildman–Crippen LogP) is 2.50. The van der Waals surface area contributed by atoms with Crippen molar-refractivity contribution in [2.45, 2.75) is 50.7 Å². The van der Waals surface area contributed by atoms with Crippen LogP contribution >= 0.6 is 0 Å². The number of hydrogen-bond acceptors (Lipinski definition) is 2. The lowest BCUT2D eigenvalue weighted by Gasteiger charge is -2.42. The first-order valence-electron chi connectivity index (χ1n) is 5.73. The van der Waals surface area contributed by atoms with E-state index in [0.717, 1.165) is 6.61 Å². The molecule has 2 heteroatoms. The number of likely N-dealkylation sites (N-methyl/N-ethyl adjacent to an activating group) is 1. The number of hydrogen-bond donors (Lipinski definition) is 1. The van der Waals surface area contributed by atoms with Gasteiger partial charge in [0.25, 0.3) is 0 Å². The zero-order chi connectivity index (χ0) is 10.4. The van der Waals surface area contributed by atoms with Crippen molar-refractivity contribution in [2.24, 2.45) is 0 Å². The smallest absolute Gasteiger partial charge is 0.0870 e. The lowest BCUT2D eigenvalue weighted by atomic mass is 9.79. The van der Waals surface area contributed by atoms with Gasteiger partial charge in [-0.25, -0.2) is 0 Å². The third kappa shape index (κ3) is 2.37. The van der Waals surface area contributed by atoms with Gasteiger partial charge in [-0.15, -0.1) is 6.58 Å². The van der Waals surface area contributed by atoms with E-state index in [1.54, 1.807) is 0 Å². The minimum Gasteiger partial charge on any atom is -0.373 e. The Kier molecular flexibility index (Phi) is 4.63. The third-order valence-corrected chi connectivity index (χ3v) is 3.25. The summed E-state index contributed by atoms with van der Waals surface area (Å²) in [5.41, 5.74) is 0.0174. The molecule has 1 rings (SSSR count). The molecule has 1 fully saturated rings. The largest absolute Gasteiger partial charge is 0.373 e. The van der Waals surface area contributed by atoms with Crippen molar-refractivity contribution in [1.82, 2.24) is 5.32 Å². The molecule has 1 aliphatic rings. The molecule has 0 aromatic carbocycles. The monoisotopic (exact) mass is 197 g/mol. The maximum atomic E-state index is 5.98. The van der Waals surface area contributed by atoms with Gasteiger partial charge in [0.2, 0.25) is 0 Å². The predicted molar refractivity (Wildman–Crippen MR) is 60.5 cm³/mol. The van der Waals surface area contributed by atoms with Crippen molar-refractivity contribution in [2.75, 3.05) is 13.7 Å². The maximum Gasteiger partial charge on any atom is 0.0870 e. The Morgan fingerprint density at radius 1 is 1.43 bits per heavy atom.